The van der Waals surface area contributed by atoms with Gasteiger partial charge in [0.15, 0.2) is 0 Å². The van der Waals surface area contributed by atoms with E-state index in [9.17, 15) is 4.79 Å². The summed E-state index contributed by atoms with van der Waals surface area (Å²) in [6, 6.07) is 5.09. The van der Waals surface area contributed by atoms with Crippen molar-refractivity contribution in [1.29, 1.82) is 0 Å². The van der Waals surface area contributed by atoms with Crippen LogP contribution in [0.1, 0.15) is 20.3 Å². The van der Waals surface area contributed by atoms with Crippen LogP contribution in [0.3, 0.4) is 0 Å². The minimum atomic E-state index is -0.403. The van der Waals surface area contributed by atoms with Crippen molar-refractivity contribution in [3.8, 4) is 11.4 Å². The van der Waals surface area contributed by atoms with E-state index in [1.807, 2.05) is 13.8 Å². The molecule has 0 aliphatic carbocycles. The SMILES string of the molecule is CCCN(N)c1nc(-c2ccc(Cl)c(Cl)c2)n(CC)c(=O)n1. The molecule has 0 radical (unpaired) electrons. The maximum Gasteiger partial charge on any atom is 0.352 e. The minimum Gasteiger partial charge on any atom is -0.279 e. The van der Waals surface area contributed by atoms with Gasteiger partial charge in [0.2, 0.25) is 5.95 Å². The molecule has 118 valence electrons. The molecule has 0 atom stereocenters. The van der Waals surface area contributed by atoms with E-state index in [1.165, 1.54) is 9.58 Å². The summed E-state index contributed by atoms with van der Waals surface area (Å²) in [6.45, 7) is 4.81. The fraction of sp³-hybridized carbons (Fsp3) is 0.357. The highest BCUT2D eigenvalue weighted by Crippen LogP contribution is 2.27. The van der Waals surface area contributed by atoms with Crippen LogP contribution in [0.15, 0.2) is 23.0 Å². The lowest BCUT2D eigenvalue weighted by Gasteiger charge is -2.17. The van der Waals surface area contributed by atoms with Gasteiger partial charge in [0, 0.05) is 18.7 Å². The molecule has 0 spiro atoms. The second kappa shape index (κ2) is 7.09. The summed E-state index contributed by atoms with van der Waals surface area (Å²) < 4.78 is 1.46. The first-order valence-electron chi connectivity index (χ1n) is 6.94. The van der Waals surface area contributed by atoms with Gasteiger partial charge in [0.05, 0.1) is 10.0 Å². The third-order valence-electron chi connectivity index (χ3n) is 3.10. The Hall–Kier alpha value is -1.63. The smallest absolute Gasteiger partial charge is 0.279 e. The second-order valence-corrected chi connectivity index (χ2v) is 5.51. The standard InChI is InChI=1S/C14H17Cl2N5O/c1-3-7-21(17)13-18-12(20(4-2)14(22)19-13)9-5-6-10(15)11(16)8-9/h5-6,8H,3-4,7,17H2,1-2H3. The van der Waals surface area contributed by atoms with Gasteiger partial charge in [0.25, 0.3) is 0 Å². The molecule has 2 rings (SSSR count). The molecule has 6 nitrogen and oxygen atoms in total. The van der Waals surface area contributed by atoms with Crippen molar-refractivity contribution in [2.75, 3.05) is 11.6 Å². The number of nitrogens with two attached hydrogens (primary N) is 1. The molecule has 1 heterocycles. The molecule has 22 heavy (non-hydrogen) atoms. The van der Waals surface area contributed by atoms with Crippen molar-refractivity contribution in [3.05, 3.63) is 38.7 Å². The van der Waals surface area contributed by atoms with E-state index in [1.54, 1.807) is 18.2 Å². The molecule has 8 heteroatoms. The quantitative estimate of drug-likeness (QED) is 0.668. The highest BCUT2D eigenvalue weighted by molar-refractivity contribution is 6.42. The van der Waals surface area contributed by atoms with Gasteiger partial charge in [-0.05, 0) is 31.5 Å². The molecule has 0 unspecified atom stereocenters. The Morgan fingerprint density at radius 2 is 1.95 bits per heavy atom. The first-order chi connectivity index (χ1) is 10.5. The van der Waals surface area contributed by atoms with Crippen LogP contribution in [-0.4, -0.2) is 21.1 Å². The maximum absolute atomic E-state index is 12.2. The lowest BCUT2D eigenvalue weighted by Crippen LogP contribution is -2.37. The number of hydrogen-bond donors (Lipinski definition) is 1. The normalized spacial score (nSPS) is 10.8. The summed E-state index contributed by atoms with van der Waals surface area (Å²) in [5, 5.41) is 2.20. The summed E-state index contributed by atoms with van der Waals surface area (Å²) in [5.41, 5.74) is 0.280. The Labute approximate surface area is 138 Å². The molecule has 1 aromatic carbocycles. The van der Waals surface area contributed by atoms with Crippen molar-refractivity contribution in [2.24, 2.45) is 5.84 Å². The molecular weight excluding hydrogens is 325 g/mol. The highest BCUT2D eigenvalue weighted by Gasteiger charge is 2.14. The van der Waals surface area contributed by atoms with Gasteiger partial charge >= 0.3 is 5.69 Å². The number of hydrazine groups is 1. The van der Waals surface area contributed by atoms with Crippen LogP contribution < -0.4 is 16.5 Å². The van der Waals surface area contributed by atoms with Crippen LogP contribution in [0.25, 0.3) is 11.4 Å². The maximum atomic E-state index is 12.2. The third kappa shape index (κ3) is 3.40. The average molecular weight is 342 g/mol. The molecule has 0 aliphatic heterocycles. The Kier molecular flexibility index (Phi) is 5.39. The number of anilines is 1. The molecule has 0 fully saturated rings. The van der Waals surface area contributed by atoms with Crippen molar-refractivity contribution in [3.63, 3.8) is 0 Å². The Bertz CT molecular complexity index is 732. The van der Waals surface area contributed by atoms with Gasteiger partial charge in [-0.25, -0.2) is 10.6 Å². The number of benzene rings is 1. The van der Waals surface area contributed by atoms with Gasteiger partial charge in [-0.1, -0.05) is 30.1 Å². The predicted octanol–water partition coefficient (Wildman–Crippen LogP) is 2.72. The van der Waals surface area contributed by atoms with Gasteiger partial charge in [-0.15, -0.1) is 0 Å². The summed E-state index contributed by atoms with van der Waals surface area (Å²) in [7, 11) is 0. The van der Waals surface area contributed by atoms with Gasteiger partial charge in [0.1, 0.15) is 5.82 Å². The van der Waals surface area contributed by atoms with Gasteiger partial charge < -0.3 is 0 Å². The highest BCUT2D eigenvalue weighted by atomic mass is 35.5. The molecule has 2 N–H and O–H groups in total. The van der Waals surface area contributed by atoms with E-state index >= 15 is 0 Å². The molecule has 2 aromatic rings. The van der Waals surface area contributed by atoms with E-state index in [4.69, 9.17) is 29.0 Å². The first-order valence-corrected chi connectivity index (χ1v) is 7.70. The Balaban J connectivity index is 2.61. The predicted molar refractivity (Wildman–Crippen MR) is 89.2 cm³/mol. The Morgan fingerprint density at radius 1 is 1.23 bits per heavy atom. The molecule has 0 saturated carbocycles. The van der Waals surface area contributed by atoms with Crippen LogP contribution in [0.5, 0.6) is 0 Å². The topological polar surface area (TPSA) is 77.0 Å². The fourth-order valence-electron chi connectivity index (χ4n) is 2.03. The number of hydrogen-bond acceptors (Lipinski definition) is 5. The zero-order valence-corrected chi connectivity index (χ0v) is 13.9. The largest absolute Gasteiger partial charge is 0.352 e. The van der Waals surface area contributed by atoms with E-state index in [-0.39, 0.29) is 5.95 Å². The monoisotopic (exact) mass is 341 g/mol. The van der Waals surface area contributed by atoms with Crippen LogP contribution in [0, 0.1) is 0 Å². The van der Waals surface area contributed by atoms with Crippen molar-refractivity contribution in [1.82, 2.24) is 14.5 Å². The summed E-state index contributed by atoms with van der Waals surface area (Å²) in [5.74, 6) is 6.53. The summed E-state index contributed by atoms with van der Waals surface area (Å²) in [6.07, 6.45) is 0.818. The van der Waals surface area contributed by atoms with Crippen LogP contribution in [0.4, 0.5) is 5.95 Å². The van der Waals surface area contributed by atoms with Crippen molar-refractivity contribution >= 4 is 29.2 Å². The third-order valence-corrected chi connectivity index (χ3v) is 3.84. The number of aromatic nitrogens is 3. The molecule has 0 amide bonds. The summed E-state index contributed by atoms with van der Waals surface area (Å²) >= 11 is 12.0. The number of rotatable bonds is 5. The zero-order valence-electron chi connectivity index (χ0n) is 12.4. The second-order valence-electron chi connectivity index (χ2n) is 4.70. The lowest BCUT2D eigenvalue weighted by atomic mass is 10.2. The fourth-order valence-corrected chi connectivity index (χ4v) is 2.32. The van der Waals surface area contributed by atoms with E-state index in [0.29, 0.717) is 34.5 Å². The van der Waals surface area contributed by atoms with Gasteiger partial charge in [-0.2, -0.15) is 9.97 Å². The molecule has 0 aliphatic rings. The van der Waals surface area contributed by atoms with Crippen molar-refractivity contribution in [2.45, 2.75) is 26.8 Å². The van der Waals surface area contributed by atoms with E-state index in [2.05, 4.69) is 9.97 Å². The van der Waals surface area contributed by atoms with Crippen LogP contribution in [0.2, 0.25) is 10.0 Å². The van der Waals surface area contributed by atoms with Crippen molar-refractivity contribution < 1.29 is 0 Å². The average Bonchev–Trinajstić information content (AvgIpc) is 2.49. The lowest BCUT2D eigenvalue weighted by molar-refractivity contribution is 0.669. The molecule has 0 bridgehead atoms. The van der Waals surface area contributed by atoms with E-state index in [0.717, 1.165) is 6.42 Å². The zero-order chi connectivity index (χ0) is 16.3. The van der Waals surface area contributed by atoms with Crippen LogP contribution in [-0.2, 0) is 6.54 Å². The minimum absolute atomic E-state index is 0.192. The van der Waals surface area contributed by atoms with E-state index < -0.39 is 5.69 Å². The summed E-state index contributed by atoms with van der Waals surface area (Å²) in [4.78, 5) is 20.5. The van der Waals surface area contributed by atoms with Gasteiger partial charge in [-0.3, -0.25) is 9.58 Å². The number of nitrogens with zero attached hydrogens (tertiary/aromatic N) is 4. The van der Waals surface area contributed by atoms with Crippen LogP contribution >= 0.6 is 23.2 Å². The molecular formula is C14H17Cl2N5O. The Morgan fingerprint density at radius 3 is 2.55 bits per heavy atom. The molecule has 1 aromatic heterocycles. The number of halogens is 2. The first kappa shape index (κ1) is 16.7. The molecule has 0 saturated heterocycles.